The Kier molecular flexibility index (Phi) is 3.12. The number of aromatic nitrogens is 1. The predicted molar refractivity (Wildman–Crippen MR) is 74.5 cm³/mol. The summed E-state index contributed by atoms with van der Waals surface area (Å²) in [5, 5.41) is 0. The van der Waals surface area contributed by atoms with Crippen LogP contribution in [0.2, 0.25) is 0 Å². The van der Waals surface area contributed by atoms with Crippen LogP contribution in [0.25, 0.3) is 5.69 Å². The number of hydrogen-bond donors (Lipinski definition) is 0. The van der Waals surface area contributed by atoms with Crippen LogP contribution in [0.4, 0.5) is 0 Å². The van der Waals surface area contributed by atoms with E-state index >= 15 is 0 Å². The Balaban J connectivity index is 2.31. The van der Waals surface area contributed by atoms with Gasteiger partial charge in [-0.15, -0.1) is 0 Å². The van der Waals surface area contributed by atoms with Crippen LogP contribution >= 0.6 is 0 Å². The summed E-state index contributed by atoms with van der Waals surface area (Å²) >= 11 is 0. The normalized spacial score (nSPS) is 11.6. The molecule has 18 heavy (non-hydrogen) atoms. The zero-order valence-electron chi connectivity index (χ0n) is 11.4. The third-order valence-electron chi connectivity index (χ3n) is 3.13. The van der Waals surface area contributed by atoms with Gasteiger partial charge in [0, 0.05) is 23.6 Å². The van der Waals surface area contributed by atoms with Gasteiger partial charge in [-0.25, -0.2) is 0 Å². The fraction of sp³-hybridized carbons (Fsp3) is 0.312. The van der Waals surface area contributed by atoms with Gasteiger partial charge in [0.1, 0.15) is 0 Å². The number of ketones is 1. The second kappa shape index (κ2) is 4.45. The molecule has 1 aromatic carbocycles. The Hall–Kier alpha value is -1.83. The molecule has 0 amide bonds. The Morgan fingerprint density at radius 3 is 2.11 bits per heavy atom. The molecule has 0 saturated heterocycles. The van der Waals surface area contributed by atoms with Crippen molar-refractivity contribution in [2.75, 3.05) is 0 Å². The molecule has 0 atom stereocenters. The van der Waals surface area contributed by atoms with Gasteiger partial charge in [-0.05, 0) is 36.1 Å². The molecule has 2 rings (SSSR count). The first-order valence-electron chi connectivity index (χ1n) is 6.18. The molecule has 0 unspecified atom stereocenters. The van der Waals surface area contributed by atoms with Crippen molar-refractivity contribution in [3.8, 4) is 5.69 Å². The molecule has 0 aliphatic carbocycles. The fourth-order valence-electron chi connectivity index (χ4n) is 1.90. The van der Waals surface area contributed by atoms with Crippen LogP contribution in [-0.2, 0) is 5.41 Å². The van der Waals surface area contributed by atoms with E-state index in [2.05, 4.69) is 45.0 Å². The molecule has 2 heteroatoms. The van der Waals surface area contributed by atoms with Crippen LogP contribution in [0.3, 0.4) is 0 Å². The first-order valence-corrected chi connectivity index (χ1v) is 6.18. The van der Waals surface area contributed by atoms with Crippen molar-refractivity contribution in [2.45, 2.75) is 33.1 Å². The van der Waals surface area contributed by atoms with Crippen molar-refractivity contribution >= 4 is 5.78 Å². The van der Waals surface area contributed by atoms with E-state index in [0.717, 1.165) is 11.3 Å². The summed E-state index contributed by atoms with van der Waals surface area (Å²) in [5.74, 6) is 0.0973. The van der Waals surface area contributed by atoms with Gasteiger partial charge in [-0.3, -0.25) is 4.79 Å². The van der Waals surface area contributed by atoms with Gasteiger partial charge < -0.3 is 4.57 Å². The Labute approximate surface area is 108 Å². The van der Waals surface area contributed by atoms with E-state index < -0.39 is 0 Å². The van der Waals surface area contributed by atoms with Crippen molar-refractivity contribution in [3.63, 3.8) is 0 Å². The minimum Gasteiger partial charge on any atom is -0.323 e. The zero-order chi connectivity index (χ0) is 13.3. The summed E-state index contributed by atoms with van der Waals surface area (Å²) in [4.78, 5) is 11.3. The van der Waals surface area contributed by atoms with Crippen LogP contribution in [0, 0.1) is 0 Å². The average molecular weight is 241 g/mol. The van der Waals surface area contributed by atoms with E-state index in [1.54, 1.807) is 6.92 Å². The molecule has 1 heterocycles. The predicted octanol–water partition coefficient (Wildman–Crippen LogP) is 3.98. The molecule has 94 valence electrons. The highest BCUT2D eigenvalue weighted by atomic mass is 16.1. The van der Waals surface area contributed by atoms with Crippen LogP contribution < -0.4 is 0 Å². The molecule has 0 aliphatic heterocycles. The van der Waals surface area contributed by atoms with Crippen LogP contribution in [0.15, 0.2) is 42.7 Å². The highest BCUT2D eigenvalue weighted by molar-refractivity contribution is 5.93. The van der Waals surface area contributed by atoms with Crippen LogP contribution in [-0.4, -0.2) is 10.4 Å². The summed E-state index contributed by atoms with van der Waals surface area (Å²) in [5.41, 5.74) is 3.30. The topological polar surface area (TPSA) is 22.0 Å². The molecule has 0 aliphatic rings. The summed E-state index contributed by atoms with van der Waals surface area (Å²) in [6, 6.07) is 10.3. The monoisotopic (exact) mass is 241 g/mol. The Morgan fingerprint density at radius 2 is 1.67 bits per heavy atom. The molecule has 0 fully saturated rings. The molecule has 0 N–H and O–H groups in total. The number of hydrogen-bond acceptors (Lipinski definition) is 1. The molecule has 0 saturated carbocycles. The second-order valence-corrected chi connectivity index (χ2v) is 5.66. The van der Waals surface area contributed by atoms with Crippen molar-refractivity contribution < 1.29 is 4.79 Å². The molecular weight excluding hydrogens is 222 g/mol. The number of carbonyl (C=O) groups is 1. The van der Waals surface area contributed by atoms with Crippen molar-refractivity contribution in [1.82, 2.24) is 4.57 Å². The standard InChI is InChI=1S/C16H19NO/c1-12(18)13-9-10-17(11-13)15-7-5-14(6-8-15)16(2,3)4/h5-11H,1-4H3. The molecule has 1 aromatic heterocycles. The summed E-state index contributed by atoms with van der Waals surface area (Å²) in [6.45, 7) is 8.19. The maximum atomic E-state index is 11.3. The van der Waals surface area contributed by atoms with Crippen LogP contribution in [0.5, 0.6) is 0 Å². The van der Waals surface area contributed by atoms with Gasteiger partial charge >= 0.3 is 0 Å². The lowest BCUT2D eigenvalue weighted by Crippen LogP contribution is -2.10. The maximum Gasteiger partial charge on any atom is 0.161 e. The SMILES string of the molecule is CC(=O)c1ccn(-c2ccc(C(C)(C)C)cc2)c1. The summed E-state index contributed by atoms with van der Waals surface area (Å²) in [6.07, 6.45) is 3.79. The number of carbonyl (C=O) groups excluding carboxylic acids is 1. The number of benzene rings is 1. The van der Waals surface area contributed by atoms with Crippen molar-refractivity contribution in [1.29, 1.82) is 0 Å². The third-order valence-corrected chi connectivity index (χ3v) is 3.13. The fourth-order valence-corrected chi connectivity index (χ4v) is 1.90. The van der Waals surface area contributed by atoms with E-state index in [4.69, 9.17) is 0 Å². The molecule has 0 bridgehead atoms. The van der Waals surface area contributed by atoms with E-state index in [0.29, 0.717) is 0 Å². The lowest BCUT2D eigenvalue weighted by Gasteiger charge is -2.19. The van der Waals surface area contributed by atoms with Gasteiger partial charge in [0.25, 0.3) is 0 Å². The van der Waals surface area contributed by atoms with E-state index in [1.165, 1.54) is 5.56 Å². The number of rotatable bonds is 2. The minimum atomic E-state index is 0.0973. The van der Waals surface area contributed by atoms with Crippen LogP contribution in [0.1, 0.15) is 43.6 Å². The van der Waals surface area contributed by atoms with Gasteiger partial charge in [0.15, 0.2) is 5.78 Å². The summed E-state index contributed by atoms with van der Waals surface area (Å²) in [7, 11) is 0. The minimum absolute atomic E-state index is 0.0973. The highest BCUT2D eigenvalue weighted by Crippen LogP contribution is 2.23. The third kappa shape index (κ3) is 2.53. The largest absolute Gasteiger partial charge is 0.323 e. The van der Waals surface area contributed by atoms with Crippen molar-refractivity contribution in [2.24, 2.45) is 0 Å². The number of Topliss-reactive ketones (excluding diaryl/α,β-unsaturated/α-hetero) is 1. The smallest absolute Gasteiger partial charge is 0.161 e. The van der Waals surface area contributed by atoms with Gasteiger partial charge in [-0.2, -0.15) is 0 Å². The number of nitrogens with zero attached hydrogens (tertiary/aromatic N) is 1. The van der Waals surface area contributed by atoms with E-state index in [-0.39, 0.29) is 11.2 Å². The first kappa shape index (κ1) is 12.6. The first-order chi connectivity index (χ1) is 8.38. The average Bonchev–Trinajstić information content (AvgIpc) is 2.77. The summed E-state index contributed by atoms with van der Waals surface area (Å²) < 4.78 is 1.98. The highest BCUT2D eigenvalue weighted by Gasteiger charge is 2.13. The molecule has 0 spiro atoms. The van der Waals surface area contributed by atoms with Gasteiger partial charge in [0.05, 0.1) is 0 Å². The van der Waals surface area contributed by atoms with Gasteiger partial charge in [-0.1, -0.05) is 32.9 Å². The molecule has 0 radical (unpaired) electrons. The quantitative estimate of drug-likeness (QED) is 0.729. The van der Waals surface area contributed by atoms with Gasteiger partial charge in [0.2, 0.25) is 0 Å². The van der Waals surface area contributed by atoms with E-state index in [1.807, 2.05) is 23.0 Å². The Morgan fingerprint density at radius 1 is 1.06 bits per heavy atom. The Bertz CT molecular complexity index is 556. The molecule has 2 nitrogen and oxygen atoms in total. The second-order valence-electron chi connectivity index (χ2n) is 5.66. The van der Waals surface area contributed by atoms with E-state index in [9.17, 15) is 4.79 Å². The molecular formula is C16H19NO. The van der Waals surface area contributed by atoms with Crippen molar-refractivity contribution in [3.05, 3.63) is 53.9 Å². The molecule has 2 aromatic rings. The zero-order valence-corrected chi connectivity index (χ0v) is 11.4. The lowest BCUT2D eigenvalue weighted by molar-refractivity contribution is 0.101. The maximum absolute atomic E-state index is 11.3. The lowest BCUT2D eigenvalue weighted by atomic mass is 9.87.